The summed E-state index contributed by atoms with van der Waals surface area (Å²) in [5, 5.41) is 18.2. The quantitative estimate of drug-likeness (QED) is 0.874. The van der Waals surface area contributed by atoms with Crippen LogP contribution in [0.4, 0.5) is 0 Å². The Hall–Kier alpha value is -1.57. The highest BCUT2D eigenvalue weighted by Crippen LogP contribution is 2.19. The van der Waals surface area contributed by atoms with E-state index in [9.17, 15) is 5.11 Å². The second-order valence-corrected chi connectivity index (χ2v) is 5.07. The second kappa shape index (κ2) is 6.55. The Balaban J connectivity index is 1.71. The van der Waals surface area contributed by atoms with Gasteiger partial charge in [0.2, 0.25) is 0 Å². The van der Waals surface area contributed by atoms with Crippen molar-refractivity contribution in [2.45, 2.75) is 19.4 Å². The van der Waals surface area contributed by atoms with Gasteiger partial charge in [0.05, 0.1) is 17.7 Å². The topological polar surface area (TPSA) is 56.5 Å². The summed E-state index contributed by atoms with van der Waals surface area (Å²) in [7, 11) is 0. The first-order chi connectivity index (χ1) is 9.19. The Morgan fingerprint density at radius 3 is 2.79 bits per heavy atom. The summed E-state index contributed by atoms with van der Waals surface area (Å²) in [6.45, 7) is 5.36. The van der Waals surface area contributed by atoms with Crippen molar-refractivity contribution in [3.8, 4) is 11.8 Å². The van der Waals surface area contributed by atoms with Crippen molar-refractivity contribution in [3.63, 3.8) is 0 Å². The lowest BCUT2D eigenvalue weighted by Crippen LogP contribution is -2.28. The Labute approximate surface area is 114 Å². The number of rotatable bonds is 5. The van der Waals surface area contributed by atoms with Crippen molar-refractivity contribution in [1.82, 2.24) is 4.90 Å². The molecule has 4 heteroatoms. The number of hydrogen-bond donors (Lipinski definition) is 1. The van der Waals surface area contributed by atoms with Crippen LogP contribution >= 0.6 is 0 Å². The standard InChI is InChI=1S/C15H20N2O2/c1-12(18)14-6-7-17(11-14)8-9-19-15-4-2-13(10-16)3-5-15/h2-5,12,14,18H,6-9,11H2,1H3. The lowest BCUT2D eigenvalue weighted by atomic mass is 10.0. The number of nitriles is 1. The first-order valence-corrected chi connectivity index (χ1v) is 6.72. The molecule has 1 aromatic rings. The molecule has 2 unspecified atom stereocenters. The lowest BCUT2D eigenvalue weighted by Gasteiger charge is -2.17. The SMILES string of the molecule is CC(O)C1CCN(CCOc2ccc(C#N)cc2)C1. The van der Waals surface area contributed by atoms with E-state index in [4.69, 9.17) is 10.00 Å². The number of hydrogen-bond acceptors (Lipinski definition) is 4. The molecule has 1 aliphatic rings. The Bertz CT molecular complexity index is 436. The second-order valence-electron chi connectivity index (χ2n) is 5.07. The minimum absolute atomic E-state index is 0.218. The van der Waals surface area contributed by atoms with Gasteiger partial charge in [-0.3, -0.25) is 4.90 Å². The highest BCUT2D eigenvalue weighted by molar-refractivity contribution is 5.34. The van der Waals surface area contributed by atoms with Crippen LogP contribution in [0.15, 0.2) is 24.3 Å². The number of likely N-dealkylation sites (tertiary alicyclic amines) is 1. The third-order valence-corrected chi connectivity index (χ3v) is 3.65. The van der Waals surface area contributed by atoms with Gasteiger partial charge in [-0.2, -0.15) is 5.26 Å². The molecule has 0 aromatic heterocycles. The Kier molecular flexibility index (Phi) is 4.78. The molecule has 2 atom stereocenters. The molecule has 0 saturated carbocycles. The van der Waals surface area contributed by atoms with Crippen LogP contribution in [0.5, 0.6) is 5.75 Å². The van der Waals surface area contributed by atoms with Gasteiger partial charge in [-0.1, -0.05) is 0 Å². The van der Waals surface area contributed by atoms with Crippen molar-refractivity contribution in [3.05, 3.63) is 29.8 Å². The van der Waals surface area contributed by atoms with Crippen LogP contribution in [0, 0.1) is 17.2 Å². The van der Waals surface area contributed by atoms with E-state index in [2.05, 4.69) is 11.0 Å². The van der Waals surface area contributed by atoms with E-state index in [1.165, 1.54) is 0 Å². The van der Waals surface area contributed by atoms with Gasteiger partial charge in [0.1, 0.15) is 12.4 Å². The van der Waals surface area contributed by atoms with E-state index in [0.29, 0.717) is 18.1 Å². The molecule has 4 nitrogen and oxygen atoms in total. The Morgan fingerprint density at radius 2 is 2.21 bits per heavy atom. The molecular weight excluding hydrogens is 240 g/mol. The lowest BCUT2D eigenvalue weighted by molar-refractivity contribution is 0.125. The van der Waals surface area contributed by atoms with Gasteiger partial charge in [-0.25, -0.2) is 0 Å². The van der Waals surface area contributed by atoms with Gasteiger partial charge < -0.3 is 9.84 Å². The van der Waals surface area contributed by atoms with Gasteiger partial charge in [-0.05, 0) is 50.1 Å². The molecule has 0 aliphatic carbocycles. The first-order valence-electron chi connectivity index (χ1n) is 6.72. The fourth-order valence-corrected chi connectivity index (χ4v) is 2.38. The molecule has 102 valence electrons. The maximum absolute atomic E-state index is 9.54. The maximum Gasteiger partial charge on any atom is 0.119 e. The number of nitrogens with zero attached hydrogens (tertiary/aromatic N) is 2. The predicted molar refractivity (Wildman–Crippen MR) is 72.9 cm³/mol. The highest BCUT2D eigenvalue weighted by Gasteiger charge is 2.25. The monoisotopic (exact) mass is 260 g/mol. The fourth-order valence-electron chi connectivity index (χ4n) is 2.38. The molecule has 1 aromatic carbocycles. The number of aliphatic hydroxyl groups is 1. The molecule has 0 bridgehead atoms. The Morgan fingerprint density at radius 1 is 1.47 bits per heavy atom. The van der Waals surface area contributed by atoms with Crippen LogP contribution in [0.2, 0.25) is 0 Å². The van der Waals surface area contributed by atoms with E-state index in [-0.39, 0.29) is 6.10 Å². The molecule has 1 N–H and O–H groups in total. The van der Waals surface area contributed by atoms with Crippen molar-refractivity contribution in [2.24, 2.45) is 5.92 Å². The molecule has 1 saturated heterocycles. The summed E-state index contributed by atoms with van der Waals surface area (Å²) in [6, 6.07) is 9.24. The van der Waals surface area contributed by atoms with Crippen LogP contribution in [0.25, 0.3) is 0 Å². The zero-order valence-electron chi connectivity index (χ0n) is 11.2. The molecule has 0 radical (unpaired) electrons. The number of ether oxygens (including phenoxy) is 1. The smallest absolute Gasteiger partial charge is 0.119 e. The van der Waals surface area contributed by atoms with E-state index in [1.807, 2.05) is 19.1 Å². The van der Waals surface area contributed by atoms with E-state index >= 15 is 0 Å². The minimum atomic E-state index is -0.218. The predicted octanol–water partition coefficient (Wildman–Crippen LogP) is 1.64. The summed E-state index contributed by atoms with van der Waals surface area (Å²) in [5.74, 6) is 1.19. The third kappa shape index (κ3) is 3.95. The average Bonchev–Trinajstić information content (AvgIpc) is 2.89. The van der Waals surface area contributed by atoms with Crippen molar-refractivity contribution in [1.29, 1.82) is 5.26 Å². The molecule has 0 spiro atoms. The van der Waals surface area contributed by atoms with Crippen LogP contribution in [-0.2, 0) is 0 Å². The molecule has 0 amide bonds. The number of aliphatic hydroxyl groups excluding tert-OH is 1. The highest BCUT2D eigenvalue weighted by atomic mass is 16.5. The molecule has 2 rings (SSSR count). The first kappa shape index (κ1) is 13.9. The zero-order chi connectivity index (χ0) is 13.7. The van der Waals surface area contributed by atoms with Crippen molar-refractivity contribution in [2.75, 3.05) is 26.2 Å². The molecule has 1 heterocycles. The minimum Gasteiger partial charge on any atom is -0.492 e. The summed E-state index contributed by atoms with van der Waals surface area (Å²) in [4.78, 5) is 2.32. The largest absolute Gasteiger partial charge is 0.492 e. The van der Waals surface area contributed by atoms with Crippen LogP contribution < -0.4 is 4.74 Å². The fraction of sp³-hybridized carbons (Fsp3) is 0.533. The normalized spacial score (nSPS) is 21.0. The number of benzene rings is 1. The molecule has 19 heavy (non-hydrogen) atoms. The van der Waals surface area contributed by atoms with Crippen molar-refractivity contribution >= 4 is 0 Å². The van der Waals surface area contributed by atoms with Gasteiger partial charge in [-0.15, -0.1) is 0 Å². The zero-order valence-corrected chi connectivity index (χ0v) is 11.2. The van der Waals surface area contributed by atoms with Crippen LogP contribution in [0.3, 0.4) is 0 Å². The molecule has 1 fully saturated rings. The van der Waals surface area contributed by atoms with Gasteiger partial charge in [0, 0.05) is 13.1 Å². The summed E-state index contributed by atoms with van der Waals surface area (Å²) in [6.07, 6.45) is 0.846. The maximum atomic E-state index is 9.54. The van der Waals surface area contributed by atoms with Gasteiger partial charge in [0.25, 0.3) is 0 Å². The summed E-state index contributed by atoms with van der Waals surface area (Å²) < 4.78 is 5.65. The van der Waals surface area contributed by atoms with Crippen LogP contribution in [0.1, 0.15) is 18.9 Å². The van der Waals surface area contributed by atoms with E-state index < -0.39 is 0 Å². The van der Waals surface area contributed by atoms with E-state index in [0.717, 1.165) is 31.8 Å². The van der Waals surface area contributed by atoms with Crippen LogP contribution in [-0.4, -0.2) is 42.4 Å². The van der Waals surface area contributed by atoms with Crippen molar-refractivity contribution < 1.29 is 9.84 Å². The molecule has 1 aliphatic heterocycles. The average molecular weight is 260 g/mol. The third-order valence-electron chi connectivity index (χ3n) is 3.65. The summed E-state index contributed by atoms with van der Waals surface area (Å²) in [5.41, 5.74) is 0.645. The van der Waals surface area contributed by atoms with Gasteiger partial charge >= 0.3 is 0 Å². The summed E-state index contributed by atoms with van der Waals surface area (Å²) >= 11 is 0. The van der Waals surface area contributed by atoms with Gasteiger partial charge in [0.15, 0.2) is 0 Å². The molecular formula is C15H20N2O2. The van der Waals surface area contributed by atoms with E-state index in [1.54, 1.807) is 12.1 Å².